The smallest absolute Gasteiger partial charge is 0.330 e. The molecule has 236 valence electrons. The molecule has 0 bridgehead atoms. The third kappa shape index (κ3) is 7.31. The first-order valence-electron chi connectivity index (χ1n) is 15.0. The van der Waals surface area contributed by atoms with Crippen LogP contribution >= 0.6 is 23.8 Å². The number of nitrogens with one attached hydrogen (secondary N) is 3. The SMILES string of the molecule is Cc1cn([C@H]2C[C@H](CNC(=S)Nc3ccc(Cl)cc3)[C@@H](CO[Si](c3ccccc3)(c3ccccc3)C(C)(C)C)O2)c(=O)[nH]c1=O. The van der Waals surface area contributed by atoms with Gasteiger partial charge in [-0.25, -0.2) is 4.79 Å². The molecule has 0 aliphatic carbocycles. The van der Waals surface area contributed by atoms with Gasteiger partial charge in [-0.3, -0.25) is 14.3 Å². The predicted octanol–water partition coefficient (Wildman–Crippen LogP) is 4.97. The fourth-order valence-corrected chi connectivity index (χ4v) is 10.9. The van der Waals surface area contributed by atoms with Gasteiger partial charge in [0, 0.05) is 34.9 Å². The molecule has 2 heterocycles. The van der Waals surface area contributed by atoms with Gasteiger partial charge in [0.15, 0.2) is 5.11 Å². The van der Waals surface area contributed by atoms with Gasteiger partial charge in [-0.15, -0.1) is 0 Å². The van der Waals surface area contributed by atoms with E-state index in [1.54, 1.807) is 25.3 Å². The van der Waals surface area contributed by atoms with Crippen molar-refractivity contribution >= 4 is 53.3 Å². The van der Waals surface area contributed by atoms with E-state index in [2.05, 4.69) is 84.9 Å². The Morgan fingerprint density at radius 3 is 2.20 bits per heavy atom. The summed E-state index contributed by atoms with van der Waals surface area (Å²) >= 11 is 11.6. The molecule has 3 N–H and O–H groups in total. The first kappa shape index (κ1) is 32.8. The summed E-state index contributed by atoms with van der Waals surface area (Å²) in [6.07, 6.45) is 1.15. The number of thiocarbonyl (C=S) groups is 1. The summed E-state index contributed by atoms with van der Waals surface area (Å²) < 4.78 is 15.3. The van der Waals surface area contributed by atoms with Gasteiger partial charge in [-0.1, -0.05) is 93.0 Å². The van der Waals surface area contributed by atoms with E-state index in [9.17, 15) is 9.59 Å². The molecule has 3 atom stereocenters. The zero-order chi connectivity index (χ0) is 32.2. The molecule has 0 spiro atoms. The average molecular weight is 663 g/mol. The van der Waals surface area contributed by atoms with E-state index in [0.29, 0.717) is 35.3 Å². The summed E-state index contributed by atoms with van der Waals surface area (Å²) in [6.45, 7) is 9.18. The van der Waals surface area contributed by atoms with Crippen LogP contribution < -0.4 is 32.3 Å². The lowest BCUT2D eigenvalue weighted by atomic mass is 10.0. The maximum atomic E-state index is 12.9. The zero-order valence-corrected chi connectivity index (χ0v) is 28.5. The Hall–Kier alpha value is -3.54. The molecular weight excluding hydrogens is 624 g/mol. The number of halogens is 1. The number of nitrogens with zero attached hydrogens (tertiary/aromatic N) is 1. The minimum absolute atomic E-state index is 0.0580. The van der Waals surface area contributed by atoms with Crippen LogP contribution in [0.3, 0.4) is 0 Å². The third-order valence-corrected chi connectivity index (χ3v) is 13.8. The second-order valence-corrected chi connectivity index (χ2v) is 17.6. The van der Waals surface area contributed by atoms with E-state index in [0.717, 1.165) is 5.69 Å². The summed E-state index contributed by atoms with van der Waals surface area (Å²) in [5.74, 6) is -0.0580. The molecule has 45 heavy (non-hydrogen) atoms. The molecule has 1 aliphatic rings. The molecule has 3 aromatic carbocycles. The van der Waals surface area contributed by atoms with E-state index in [1.165, 1.54) is 14.9 Å². The Labute approximate surface area is 274 Å². The molecular formula is C34H39ClN4O4SSi. The van der Waals surface area contributed by atoms with Gasteiger partial charge in [-0.05, 0) is 65.2 Å². The molecule has 0 amide bonds. The zero-order valence-electron chi connectivity index (χ0n) is 25.9. The van der Waals surface area contributed by atoms with Crippen LogP contribution in [0.15, 0.2) is 101 Å². The third-order valence-electron chi connectivity index (χ3n) is 8.33. The van der Waals surface area contributed by atoms with Crippen LogP contribution in [0.2, 0.25) is 10.1 Å². The van der Waals surface area contributed by atoms with Crippen LogP contribution in [0.25, 0.3) is 0 Å². The molecule has 0 saturated carbocycles. The summed E-state index contributed by atoms with van der Waals surface area (Å²) in [7, 11) is -2.84. The van der Waals surface area contributed by atoms with Crippen molar-refractivity contribution in [2.45, 2.75) is 51.5 Å². The number of benzene rings is 3. The van der Waals surface area contributed by atoms with Crippen LogP contribution in [-0.2, 0) is 9.16 Å². The predicted molar refractivity (Wildman–Crippen MR) is 187 cm³/mol. The van der Waals surface area contributed by atoms with E-state index < -0.39 is 25.8 Å². The van der Waals surface area contributed by atoms with Crippen LogP contribution in [0.4, 0.5) is 5.69 Å². The molecule has 1 fully saturated rings. The number of aromatic amines is 1. The molecule has 5 rings (SSSR count). The number of aromatic nitrogens is 2. The van der Waals surface area contributed by atoms with Crippen molar-refractivity contribution in [2.24, 2.45) is 5.92 Å². The van der Waals surface area contributed by atoms with Gasteiger partial charge < -0.3 is 19.8 Å². The summed E-state index contributed by atoms with van der Waals surface area (Å²) in [5.41, 5.74) is 0.348. The van der Waals surface area contributed by atoms with E-state index in [4.69, 9.17) is 33.0 Å². The fraction of sp³-hybridized carbons (Fsp3) is 0.324. The second kappa shape index (κ2) is 13.8. The number of H-pyrrole nitrogens is 1. The summed E-state index contributed by atoms with van der Waals surface area (Å²) in [5, 5.41) is 9.77. The van der Waals surface area contributed by atoms with Crippen molar-refractivity contribution in [2.75, 3.05) is 18.5 Å². The molecule has 1 saturated heterocycles. The van der Waals surface area contributed by atoms with Gasteiger partial charge in [0.2, 0.25) is 0 Å². The molecule has 1 aliphatic heterocycles. The van der Waals surface area contributed by atoms with Crippen molar-refractivity contribution < 1.29 is 9.16 Å². The van der Waals surface area contributed by atoms with Crippen LogP contribution in [0, 0.1) is 12.8 Å². The van der Waals surface area contributed by atoms with E-state index >= 15 is 0 Å². The van der Waals surface area contributed by atoms with Gasteiger partial charge >= 0.3 is 5.69 Å². The summed E-state index contributed by atoms with van der Waals surface area (Å²) in [6, 6.07) is 28.2. The van der Waals surface area contributed by atoms with Gasteiger partial charge in [0.25, 0.3) is 13.9 Å². The highest BCUT2D eigenvalue weighted by Crippen LogP contribution is 2.39. The number of rotatable bonds is 9. The quantitative estimate of drug-likeness (QED) is 0.172. The fourth-order valence-electron chi connectivity index (χ4n) is 6.05. The van der Waals surface area contributed by atoms with Gasteiger partial charge in [-0.2, -0.15) is 0 Å². The van der Waals surface area contributed by atoms with Crippen LogP contribution in [0.5, 0.6) is 0 Å². The Kier molecular flexibility index (Phi) is 10.1. The Morgan fingerprint density at radius 2 is 1.62 bits per heavy atom. The molecule has 4 aromatic rings. The standard InChI is InChI=1S/C34H39ClN4O4SSi/c1-23-21-39(33(41)38-31(23)40)30-19-24(20-36-32(44)37-26-17-15-25(35)16-18-26)29(43-30)22-42-45(34(2,3)4,27-11-7-5-8-12-27)28-13-9-6-10-14-28/h5-18,21,24,29-30H,19-20,22H2,1-4H3,(H2,36,37,44)(H,38,40,41)/t24-,29-,30-/m1/s1. The molecule has 0 unspecified atom stereocenters. The number of aryl methyl sites for hydroxylation is 1. The molecule has 1 aromatic heterocycles. The molecule has 8 nitrogen and oxygen atoms in total. The van der Waals surface area contributed by atoms with Crippen molar-refractivity contribution in [3.63, 3.8) is 0 Å². The largest absolute Gasteiger partial charge is 0.405 e. The Bertz CT molecular complexity index is 1690. The molecule has 0 radical (unpaired) electrons. The first-order chi connectivity index (χ1) is 21.5. The maximum absolute atomic E-state index is 12.9. The highest BCUT2D eigenvalue weighted by atomic mass is 35.5. The van der Waals surface area contributed by atoms with Gasteiger partial charge in [0.1, 0.15) is 6.23 Å². The first-order valence-corrected chi connectivity index (χ1v) is 17.7. The maximum Gasteiger partial charge on any atom is 0.330 e. The monoisotopic (exact) mass is 662 g/mol. The van der Waals surface area contributed by atoms with Crippen molar-refractivity contribution in [1.29, 1.82) is 0 Å². The van der Waals surface area contributed by atoms with Crippen LogP contribution in [-0.4, -0.2) is 42.2 Å². The summed E-state index contributed by atoms with van der Waals surface area (Å²) in [4.78, 5) is 27.4. The molecule has 11 heteroatoms. The minimum Gasteiger partial charge on any atom is -0.405 e. The Morgan fingerprint density at radius 1 is 1.02 bits per heavy atom. The lowest BCUT2D eigenvalue weighted by molar-refractivity contribution is -0.0290. The normalized spacial score (nSPS) is 18.5. The number of hydrogen-bond acceptors (Lipinski definition) is 5. The van der Waals surface area contributed by atoms with Crippen molar-refractivity contribution in [3.8, 4) is 0 Å². The number of hydrogen-bond donors (Lipinski definition) is 3. The topological polar surface area (TPSA) is 97.4 Å². The van der Waals surface area contributed by atoms with Crippen molar-refractivity contribution in [3.05, 3.63) is 123 Å². The van der Waals surface area contributed by atoms with Crippen LogP contribution in [0.1, 0.15) is 39.0 Å². The highest BCUT2D eigenvalue weighted by molar-refractivity contribution is 7.80. The van der Waals surface area contributed by atoms with Crippen molar-refractivity contribution in [1.82, 2.24) is 14.9 Å². The number of ether oxygens (including phenoxy) is 1. The second-order valence-electron chi connectivity index (χ2n) is 12.4. The number of anilines is 1. The van der Waals surface area contributed by atoms with Gasteiger partial charge in [0.05, 0.1) is 12.7 Å². The van der Waals surface area contributed by atoms with E-state index in [-0.39, 0.29) is 17.1 Å². The Balaban J connectivity index is 1.44. The lowest BCUT2D eigenvalue weighted by Gasteiger charge is -2.43. The minimum atomic E-state index is -2.84. The van der Waals surface area contributed by atoms with E-state index in [1.807, 2.05) is 24.3 Å². The highest BCUT2D eigenvalue weighted by Gasteiger charge is 2.51. The lowest BCUT2D eigenvalue weighted by Crippen LogP contribution is -2.67. The average Bonchev–Trinajstić information content (AvgIpc) is 3.42.